The summed E-state index contributed by atoms with van der Waals surface area (Å²) >= 11 is 0. The second kappa shape index (κ2) is 11.0. The minimum Gasteiger partial charge on any atom is -0.311 e. The highest BCUT2D eigenvalue weighted by atomic mass is 19.1. The van der Waals surface area contributed by atoms with E-state index < -0.39 is 12.1 Å². The van der Waals surface area contributed by atoms with Crippen LogP contribution in [0.4, 0.5) is 10.2 Å². The van der Waals surface area contributed by atoms with E-state index >= 15 is 0 Å². The molecule has 2 heterocycles. The molecule has 7 heteroatoms. The summed E-state index contributed by atoms with van der Waals surface area (Å²) in [6.45, 7) is 10.0. The highest BCUT2D eigenvalue weighted by Crippen LogP contribution is 2.35. The van der Waals surface area contributed by atoms with Gasteiger partial charge in [-0.1, -0.05) is 42.4 Å². The number of carbonyl (C=O) groups is 1. The molecule has 1 N–H and O–H groups in total. The number of nitrogens with zero attached hydrogens (tertiary/aromatic N) is 2. The van der Waals surface area contributed by atoms with E-state index in [9.17, 15) is 14.0 Å². The fraction of sp³-hybridized carbons (Fsp3) is 0.393. The largest absolute Gasteiger partial charge is 0.311 e. The first-order valence-corrected chi connectivity index (χ1v) is 12.0. The zero-order chi connectivity index (χ0) is 25.9. The summed E-state index contributed by atoms with van der Waals surface area (Å²) in [6, 6.07) is 3.47. The normalized spacial score (nSPS) is 20.2. The summed E-state index contributed by atoms with van der Waals surface area (Å²) in [6.07, 6.45) is 9.56. The van der Waals surface area contributed by atoms with E-state index in [-0.39, 0.29) is 23.7 Å². The Labute approximate surface area is 207 Å². The SMILES string of the molecule is [B]C(/C=C\C)C(/C=C(C)\C(=C/C)c1cc2cnc(NC(=O)[C@H]3CC3F)cc2n(C)c1=O)=C(/C)CC. The molecule has 0 spiro atoms. The van der Waals surface area contributed by atoms with Gasteiger partial charge in [-0.25, -0.2) is 9.37 Å². The molecule has 182 valence electrons. The Morgan fingerprint density at radius 1 is 1.34 bits per heavy atom. The number of aryl methyl sites for hydroxylation is 1. The Morgan fingerprint density at radius 2 is 2.03 bits per heavy atom. The number of halogens is 1. The Bertz CT molecular complexity index is 1320. The molecule has 0 aromatic carbocycles. The van der Waals surface area contributed by atoms with Gasteiger partial charge < -0.3 is 9.88 Å². The Balaban J connectivity index is 2.03. The van der Waals surface area contributed by atoms with Crippen LogP contribution in [-0.2, 0) is 11.8 Å². The summed E-state index contributed by atoms with van der Waals surface area (Å²) in [5.74, 6) is -0.921. The molecule has 3 atom stereocenters. The lowest BCUT2D eigenvalue weighted by atomic mass is 9.77. The number of nitrogens with one attached hydrogen (secondary N) is 1. The average Bonchev–Trinajstić information content (AvgIpc) is 3.57. The molecular formula is C28H33BFN3O2. The van der Waals surface area contributed by atoms with Crippen LogP contribution in [0.3, 0.4) is 0 Å². The molecule has 3 rings (SSSR count). The van der Waals surface area contributed by atoms with Crippen molar-refractivity contribution in [3.63, 3.8) is 0 Å². The first-order valence-electron chi connectivity index (χ1n) is 12.0. The molecule has 2 unspecified atom stereocenters. The van der Waals surface area contributed by atoms with Crippen molar-refractivity contribution in [2.75, 3.05) is 5.32 Å². The van der Waals surface area contributed by atoms with Crippen LogP contribution in [0.1, 0.15) is 53.0 Å². The number of carbonyl (C=O) groups excluding carboxylic acids is 1. The maximum absolute atomic E-state index is 13.4. The van der Waals surface area contributed by atoms with Gasteiger partial charge in [0, 0.05) is 30.3 Å². The van der Waals surface area contributed by atoms with Gasteiger partial charge in [0.25, 0.3) is 5.56 Å². The van der Waals surface area contributed by atoms with Crippen LogP contribution in [0.5, 0.6) is 0 Å². The maximum atomic E-state index is 13.4. The molecule has 1 aliphatic carbocycles. The van der Waals surface area contributed by atoms with E-state index in [2.05, 4.69) is 30.2 Å². The third-order valence-electron chi connectivity index (χ3n) is 6.57. The fourth-order valence-corrected chi connectivity index (χ4v) is 4.21. The monoisotopic (exact) mass is 473 g/mol. The van der Waals surface area contributed by atoms with E-state index in [1.165, 1.54) is 5.57 Å². The molecule has 1 amide bonds. The standard InChI is InChI=1S/C28H33BFN3O2/c1-7-10-23(29)20(16(4)8-2)11-17(5)19(9-3)21-12-18-15-31-26(14-25(18)33(6)28(21)35)32-27(34)22-13-24(22)30/h7,9-12,14-15,22-24H,8,13H2,1-6H3,(H,31,32,34)/b10-7-,17-11-,19-9+,20-16-/t22-,23?,24?/m0/s1. The van der Waals surface area contributed by atoms with Crippen LogP contribution < -0.4 is 10.9 Å². The molecular weight excluding hydrogens is 440 g/mol. The molecule has 0 saturated heterocycles. The molecule has 2 aromatic heterocycles. The van der Waals surface area contributed by atoms with Crippen molar-refractivity contribution >= 4 is 36.0 Å². The number of hydrogen-bond acceptors (Lipinski definition) is 3. The number of aromatic nitrogens is 2. The van der Waals surface area contributed by atoms with Gasteiger partial charge in [-0.15, -0.1) is 0 Å². The van der Waals surface area contributed by atoms with Gasteiger partial charge in [-0.05, 0) is 63.6 Å². The number of rotatable bonds is 8. The summed E-state index contributed by atoms with van der Waals surface area (Å²) in [5.41, 5.74) is 5.01. The van der Waals surface area contributed by atoms with Crippen LogP contribution in [0, 0.1) is 5.92 Å². The second-order valence-electron chi connectivity index (χ2n) is 9.07. The first-order chi connectivity index (χ1) is 16.6. The Morgan fingerprint density at radius 3 is 2.60 bits per heavy atom. The van der Waals surface area contributed by atoms with Gasteiger partial charge in [-0.2, -0.15) is 0 Å². The van der Waals surface area contributed by atoms with E-state index in [1.807, 2.05) is 45.1 Å². The van der Waals surface area contributed by atoms with Crippen molar-refractivity contribution in [3.8, 4) is 0 Å². The minimum absolute atomic E-state index is 0.164. The summed E-state index contributed by atoms with van der Waals surface area (Å²) in [5, 5.41) is 3.41. The van der Waals surface area contributed by atoms with Gasteiger partial charge in [0.05, 0.1) is 19.3 Å². The van der Waals surface area contributed by atoms with Crippen molar-refractivity contribution in [2.24, 2.45) is 13.0 Å². The lowest BCUT2D eigenvalue weighted by Gasteiger charge is -2.17. The molecule has 1 saturated carbocycles. The van der Waals surface area contributed by atoms with Gasteiger partial charge in [0.2, 0.25) is 5.91 Å². The van der Waals surface area contributed by atoms with E-state index in [1.54, 1.807) is 23.9 Å². The predicted octanol–water partition coefficient (Wildman–Crippen LogP) is 5.84. The third kappa shape index (κ3) is 5.72. The number of amides is 1. The molecule has 5 nitrogen and oxygen atoms in total. The third-order valence-corrected chi connectivity index (χ3v) is 6.57. The number of pyridine rings is 2. The topological polar surface area (TPSA) is 64.0 Å². The number of hydrogen-bond donors (Lipinski definition) is 1. The number of fused-ring (bicyclic) bond motifs is 1. The zero-order valence-electron chi connectivity index (χ0n) is 21.4. The quantitative estimate of drug-likeness (QED) is 0.298. The molecule has 1 fully saturated rings. The molecule has 0 bridgehead atoms. The van der Waals surface area contributed by atoms with Crippen LogP contribution in [0.2, 0.25) is 5.82 Å². The Kier molecular flexibility index (Phi) is 8.31. The van der Waals surface area contributed by atoms with Gasteiger partial charge in [0.1, 0.15) is 12.0 Å². The summed E-state index contributed by atoms with van der Waals surface area (Å²) < 4.78 is 14.7. The fourth-order valence-electron chi connectivity index (χ4n) is 4.21. The van der Waals surface area contributed by atoms with Crippen molar-refractivity contribution < 1.29 is 9.18 Å². The molecule has 2 aromatic rings. The van der Waals surface area contributed by atoms with Crippen LogP contribution in [-0.4, -0.2) is 29.5 Å². The summed E-state index contributed by atoms with van der Waals surface area (Å²) in [4.78, 5) is 29.8. The van der Waals surface area contributed by atoms with Crippen molar-refractivity contribution in [1.82, 2.24) is 9.55 Å². The lowest BCUT2D eigenvalue weighted by molar-refractivity contribution is -0.117. The highest BCUT2D eigenvalue weighted by Gasteiger charge is 2.43. The average molecular weight is 473 g/mol. The van der Waals surface area contributed by atoms with Gasteiger partial charge in [0.15, 0.2) is 0 Å². The molecule has 1 aliphatic rings. The summed E-state index contributed by atoms with van der Waals surface area (Å²) in [7, 11) is 8.10. The van der Waals surface area contributed by atoms with E-state index in [0.29, 0.717) is 16.9 Å². The van der Waals surface area contributed by atoms with Crippen molar-refractivity contribution in [3.05, 3.63) is 75.3 Å². The van der Waals surface area contributed by atoms with Crippen LogP contribution in [0.15, 0.2) is 64.1 Å². The van der Waals surface area contributed by atoms with E-state index in [4.69, 9.17) is 7.85 Å². The Hall–Kier alpha value is -3.22. The van der Waals surface area contributed by atoms with E-state index in [0.717, 1.165) is 28.5 Å². The van der Waals surface area contributed by atoms with Crippen molar-refractivity contribution in [2.45, 2.75) is 59.4 Å². The first kappa shape index (κ1) is 26.4. The molecule has 2 radical (unpaired) electrons. The van der Waals surface area contributed by atoms with Crippen LogP contribution in [0.25, 0.3) is 16.5 Å². The smallest absolute Gasteiger partial charge is 0.258 e. The molecule has 35 heavy (non-hydrogen) atoms. The second-order valence-corrected chi connectivity index (χ2v) is 9.07. The molecule has 0 aliphatic heterocycles. The number of alkyl halides is 1. The van der Waals surface area contributed by atoms with Crippen LogP contribution >= 0.6 is 0 Å². The van der Waals surface area contributed by atoms with Gasteiger partial charge >= 0.3 is 0 Å². The number of allylic oxidation sites excluding steroid dienone is 8. The predicted molar refractivity (Wildman–Crippen MR) is 143 cm³/mol. The minimum atomic E-state index is -1.08. The maximum Gasteiger partial charge on any atom is 0.258 e. The lowest BCUT2D eigenvalue weighted by Crippen LogP contribution is -2.22. The zero-order valence-corrected chi connectivity index (χ0v) is 21.4. The van der Waals surface area contributed by atoms with Gasteiger partial charge in [-0.3, -0.25) is 9.59 Å². The number of anilines is 1. The highest BCUT2D eigenvalue weighted by molar-refractivity contribution is 6.15. The van der Waals surface area contributed by atoms with Crippen molar-refractivity contribution in [1.29, 1.82) is 0 Å².